The molecule has 4 nitrogen and oxygen atoms in total. The van der Waals surface area contributed by atoms with Crippen LogP contribution >= 0.6 is 0 Å². The Kier molecular flexibility index (Phi) is 4.77. The molecule has 1 aromatic rings. The van der Waals surface area contributed by atoms with Crippen molar-refractivity contribution < 1.29 is 9.47 Å². The summed E-state index contributed by atoms with van der Waals surface area (Å²) in [4.78, 5) is 0. The number of anilines is 2. The zero-order valence-corrected chi connectivity index (χ0v) is 9.03. The summed E-state index contributed by atoms with van der Waals surface area (Å²) in [6, 6.07) is 5.21. The molecule has 0 spiro atoms. The summed E-state index contributed by atoms with van der Waals surface area (Å²) in [6.07, 6.45) is 1.02. The van der Waals surface area contributed by atoms with E-state index in [9.17, 15) is 0 Å². The predicted octanol–water partition coefficient (Wildman–Crippen LogP) is 1.66. The van der Waals surface area contributed by atoms with Gasteiger partial charge < -0.3 is 20.9 Å². The molecule has 0 saturated heterocycles. The van der Waals surface area contributed by atoms with E-state index >= 15 is 0 Å². The highest BCUT2D eigenvalue weighted by Gasteiger charge is 1.99. The third-order valence-corrected chi connectivity index (χ3v) is 1.87. The van der Waals surface area contributed by atoms with Crippen LogP contribution in [0.4, 0.5) is 11.4 Å². The van der Waals surface area contributed by atoms with Crippen LogP contribution in [0.5, 0.6) is 5.75 Å². The number of nitrogen functional groups attached to an aromatic ring is 2. The Balaban J connectivity index is 2.31. The summed E-state index contributed by atoms with van der Waals surface area (Å²) in [6.45, 7) is 3.92. The molecule has 1 aromatic carbocycles. The third-order valence-electron chi connectivity index (χ3n) is 1.87. The summed E-state index contributed by atoms with van der Waals surface area (Å²) in [7, 11) is 0. The van der Waals surface area contributed by atoms with Gasteiger partial charge in [-0.15, -0.1) is 0 Å². The zero-order valence-electron chi connectivity index (χ0n) is 9.03. The molecule has 0 fully saturated rings. The fraction of sp³-hybridized carbons (Fsp3) is 0.455. The Morgan fingerprint density at radius 3 is 2.60 bits per heavy atom. The fourth-order valence-electron chi connectivity index (χ4n) is 1.16. The van der Waals surface area contributed by atoms with Crippen LogP contribution in [0, 0.1) is 0 Å². The quantitative estimate of drug-likeness (QED) is 0.553. The first-order chi connectivity index (χ1) is 7.24. The largest absolute Gasteiger partial charge is 0.489 e. The lowest BCUT2D eigenvalue weighted by Gasteiger charge is -2.09. The average Bonchev–Trinajstić information content (AvgIpc) is 2.20. The van der Waals surface area contributed by atoms with Crippen molar-refractivity contribution in [3.05, 3.63) is 18.2 Å². The van der Waals surface area contributed by atoms with Gasteiger partial charge in [-0.05, 0) is 24.6 Å². The highest BCUT2D eigenvalue weighted by molar-refractivity contribution is 5.60. The molecular formula is C11H18N2O2. The lowest BCUT2D eigenvalue weighted by Crippen LogP contribution is -2.08. The van der Waals surface area contributed by atoms with Crippen molar-refractivity contribution in [2.24, 2.45) is 0 Å². The van der Waals surface area contributed by atoms with Crippen molar-refractivity contribution in [2.75, 3.05) is 31.3 Å². The first kappa shape index (κ1) is 11.7. The number of hydrogen-bond donors (Lipinski definition) is 2. The second-order valence-corrected chi connectivity index (χ2v) is 3.26. The average molecular weight is 210 g/mol. The second-order valence-electron chi connectivity index (χ2n) is 3.26. The van der Waals surface area contributed by atoms with E-state index in [4.69, 9.17) is 20.9 Å². The third kappa shape index (κ3) is 4.08. The molecule has 15 heavy (non-hydrogen) atoms. The molecule has 0 atom stereocenters. The van der Waals surface area contributed by atoms with Crippen LogP contribution in [0.15, 0.2) is 18.2 Å². The van der Waals surface area contributed by atoms with Crippen LogP contribution in [-0.4, -0.2) is 19.8 Å². The van der Waals surface area contributed by atoms with Gasteiger partial charge in [0, 0.05) is 12.3 Å². The Morgan fingerprint density at radius 2 is 1.93 bits per heavy atom. The number of nitrogens with two attached hydrogens (primary N) is 2. The van der Waals surface area contributed by atoms with Gasteiger partial charge in [0.15, 0.2) is 0 Å². The van der Waals surface area contributed by atoms with Gasteiger partial charge in [-0.2, -0.15) is 0 Å². The van der Waals surface area contributed by atoms with Crippen LogP contribution in [0.2, 0.25) is 0 Å². The molecule has 1 rings (SSSR count). The highest BCUT2D eigenvalue weighted by atomic mass is 16.5. The monoisotopic (exact) mass is 210 g/mol. The van der Waals surface area contributed by atoms with E-state index in [1.165, 1.54) is 0 Å². The second kappa shape index (κ2) is 6.14. The maximum absolute atomic E-state index is 5.72. The van der Waals surface area contributed by atoms with Crippen LogP contribution in [-0.2, 0) is 4.74 Å². The fourth-order valence-corrected chi connectivity index (χ4v) is 1.16. The molecular weight excluding hydrogens is 192 g/mol. The van der Waals surface area contributed by atoms with Crippen LogP contribution < -0.4 is 16.2 Å². The lowest BCUT2D eigenvalue weighted by molar-refractivity contribution is 0.101. The van der Waals surface area contributed by atoms with Gasteiger partial charge in [-0.3, -0.25) is 0 Å². The van der Waals surface area contributed by atoms with E-state index in [2.05, 4.69) is 6.92 Å². The van der Waals surface area contributed by atoms with Crippen molar-refractivity contribution in [1.29, 1.82) is 0 Å². The number of hydrogen-bond acceptors (Lipinski definition) is 4. The first-order valence-electron chi connectivity index (χ1n) is 5.09. The topological polar surface area (TPSA) is 70.5 Å². The van der Waals surface area contributed by atoms with Gasteiger partial charge in [0.05, 0.1) is 12.3 Å². The minimum Gasteiger partial charge on any atom is -0.489 e. The van der Waals surface area contributed by atoms with Gasteiger partial charge in [-0.25, -0.2) is 0 Å². The highest BCUT2D eigenvalue weighted by Crippen LogP contribution is 2.23. The summed E-state index contributed by atoms with van der Waals surface area (Å²) in [5.41, 5.74) is 12.5. The van der Waals surface area contributed by atoms with Crippen LogP contribution in [0.1, 0.15) is 13.3 Å². The molecule has 84 valence electrons. The summed E-state index contributed by atoms with van der Waals surface area (Å²) in [5, 5.41) is 0. The Hall–Kier alpha value is -1.42. The van der Waals surface area contributed by atoms with Gasteiger partial charge in [0.25, 0.3) is 0 Å². The van der Waals surface area contributed by atoms with Gasteiger partial charge >= 0.3 is 0 Å². The molecule has 0 aliphatic carbocycles. The minimum atomic E-state index is 0.508. The number of rotatable bonds is 6. The van der Waals surface area contributed by atoms with E-state index in [-0.39, 0.29) is 0 Å². The van der Waals surface area contributed by atoms with Crippen molar-refractivity contribution in [2.45, 2.75) is 13.3 Å². The van der Waals surface area contributed by atoms with E-state index in [0.29, 0.717) is 30.3 Å². The van der Waals surface area contributed by atoms with E-state index in [0.717, 1.165) is 13.0 Å². The first-order valence-corrected chi connectivity index (χ1v) is 5.09. The van der Waals surface area contributed by atoms with Crippen molar-refractivity contribution in [1.82, 2.24) is 0 Å². The number of ether oxygens (including phenoxy) is 2. The maximum Gasteiger partial charge on any atom is 0.142 e. The van der Waals surface area contributed by atoms with E-state index < -0.39 is 0 Å². The molecule has 0 radical (unpaired) electrons. The summed E-state index contributed by atoms with van der Waals surface area (Å²) in [5.74, 6) is 0.657. The predicted molar refractivity (Wildman–Crippen MR) is 61.9 cm³/mol. The molecule has 4 heteroatoms. The van der Waals surface area contributed by atoms with Crippen LogP contribution in [0.3, 0.4) is 0 Å². The standard InChI is InChI=1S/C11H18N2O2/c1-2-5-14-6-7-15-11-4-3-9(12)8-10(11)13/h3-4,8H,2,5-7,12-13H2,1H3. The summed E-state index contributed by atoms with van der Waals surface area (Å²) >= 11 is 0. The molecule has 0 aliphatic heterocycles. The van der Waals surface area contributed by atoms with Crippen LogP contribution in [0.25, 0.3) is 0 Å². The van der Waals surface area contributed by atoms with E-state index in [1.807, 2.05) is 0 Å². The lowest BCUT2D eigenvalue weighted by atomic mass is 10.2. The smallest absolute Gasteiger partial charge is 0.142 e. The summed E-state index contributed by atoms with van der Waals surface area (Å²) < 4.78 is 10.7. The SMILES string of the molecule is CCCOCCOc1ccc(N)cc1N. The molecule has 0 aliphatic rings. The molecule has 0 unspecified atom stereocenters. The maximum atomic E-state index is 5.72. The van der Waals surface area contributed by atoms with E-state index in [1.54, 1.807) is 18.2 Å². The van der Waals surface area contributed by atoms with Crippen molar-refractivity contribution >= 4 is 11.4 Å². The molecule has 0 amide bonds. The molecule has 0 heterocycles. The minimum absolute atomic E-state index is 0.508. The van der Waals surface area contributed by atoms with Gasteiger partial charge in [-0.1, -0.05) is 6.92 Å². The number of benzene rings is 1. The molecule has 0 aromatic heterocycles. The normalized spacial score (nSPS) is 10.2. The van der Waals surface area contributed by atoms with Gasteiger partial charge in [0.2, 0.25) is 0 Å². The Morgan fingerprint density at radius 1 is 1.13 bits per heavy atom. The molecule has 0 bridgehead atoms. The van der Waals surface area contributed by atoms with Crippen molar-refractivity contribution in [3.63, 3.8) is 0 Å². The van der Waals surface area contributed by atoms with Gasteiger partial charge in [0.1, 0.15) is 12.4 Å². The van der Waals surface area contributed by atoms with Crippen molar-refractivity contribution in [3.8, 4) is 5.75 Å². The molecule has 4 N–H and O–H groups in total. The zero-order chi connectivity index (χ0) is 11.1. The Bertz CT molecular complexity index is 303. The molecule has 0 saturated carbocycles. The Labute approximate surface area is 90.2 Å².